The molecule has 5 heteroatoms. The van der Waals surface area contributed by atoms with Gasteiger partial charge in [-0.05, 0) is 35.9 Å². The molecule has 0 saturated carbocycles. The van der Waals surface area contributed by atoms with Crippen molar-refractivity contribution in [1.82, 2.24) is 4.90 Å². The van der Waals surface area contributed by atoms with Gasteiger partial charge in [-0.1, -0.05) is 28.1 Å². The molecule has 2 aromatic rings. The smallest absolute Gasteiger partial charge is 0.257 e. The first-order valence-electron chi connectivity index (χ1n) is 6.38. The molecule has 2 aromatic carbocycles. The molecule has 0 aliphatic carbocycles. The lowest BCUT2D eigenvalue weighted by atomic mass is 10.1. The number of hydrogen-bond acceptors (Lipinski definition) is 3. The first kappa shape index (κ1) is 15.4. The highest BCUT2D eigenvalue weighted by Crippen LogP contribution is 2.24. The molecule has 1 N–H and O–H groups in total. The lowest BCUT2D eigenvalue weighted by molar-refractivity contribution is 0.0781. The number of phenols is 1. The molecule has 0 spiro atoms. The molecule has 2 rings (SSSR count). The Balaban J connectivity index is 2.17. The highest BCUT2D eigenvalue weighted by atomic mass is 79.9. The highest BCUT2D eigenvalue weighted by molar-refractivity contribution is 9.10. The maximum absolute atomic E-state index is 12.4. The number of ether oxygens (including phenoxy) is 1. The van der Waals surface area contributed by atoms with Crippen LogP contribution in [0.5, 0.6) is 11.5 Å². The lowest BCUT2D eigenvalue weighted by Crippen LogP contribution is -2.26. The molecule has 0 bridgehead atoms. The Morgan fingerprint density at radius 3 is 2.52 bits per heavy atom. The van der Waals surface area contributed by atoms with Crippen molar-refractivity contribution in [2.45, 2.75) is 6.54 Å². The fourth-order valence-electron chi connectivity index (χ4n) is 1.95. The molecule has 0 aromatic heterocycles. The van der Waals surface area contributed by atoms with Crippen LogP contribution < -0.4 is 4.74 Å². The summed E-state index contributed by atoms with van der Waals surface area (Å²) < 4.78 is 6.08. The molecule has 1 amide bonds. The van der Waals surface area contributed by atoms with Crippen LogP contribution in [0.2, 0.25) is 0 Å². The van der Waals surface area contributed by atoms with Gasteiger partial charge in [0, 0.05) is 18.1 Å². The third-order valence-electron chi connectivity index (χ3n) is 3.11. The standard InChI is InChI=1S/C16H16BrNO3/c1-18(10-11-3-5-12(17)6-4-11)16(20)14-9-13(21-2)7-8-15(14)19/h3-9,19H,10H2,1-2H3. The maximum atomic E-state index is 12.4. The number of aromatic hydroxyl groups is 1. The average Bonchev–Trinajstić information content (AvgIpc) is 2.49. The molecule has 0 radical (unpaired) electrons. The van der Waals surface area contributed by atoms with Crippen molar-refractivity contribution in [3.63, 3.8) is 0 Å². The average molecular weight is 350 g/mol. The van der Waals surface area contributed by atoms with E-state index >= 15 is 0 Å². The number of hydrogen-bond donors (Lipinski definition) is 1. The zero-order chi connectivity index (χ0) is 15.4. The second-order valence-corrected chi connectivity index (χ2v) is 5.59. The number of nitrogens with zero attached hydrogens (tertiary/aromatic N) is 1. The summed E-state index contributed by atoms with van der Waals surface area (Å²) in [7, 11) is 3.22. The Morgan fingerprint density at radius 2 is 1.90 bits per heavy atom. The minimum absolute atomic E-state index is 0.0524. The number of methoxy groups -OCH3 is 1. The van der Waals surface area contributed by atoms with Gasteiger partial charge in [0.05, 0.1) is 12.7 Å². The number of rotatable bonds is 4. The summed E-state index contributed by atoms with van der Waals surface area (Å²) >= 11 is 3.38. The van der Waals surface area contributed by atoms with Crippen molar-refractivity contribution in [1.29, 1.82) is 0 Å². The Hall–Kier alpha value is -2.01. The Kier molecular flexibility index (Phi) is 4.85. The van der Waals surface area contributed by atoms with Gasteiger partial charge in [-0.3, -0.25) is 4.79 Å². The second-order valence-electron chi connectivity index (χ2n) is 4.67. The first-order valence-corrected chi connectivity index (χ1v) is 7.17. The van der Waals surface area contributed by atoms with E-state index in [0.717, 1.165) is 10.0 Å². The van der Waals surface area contributed by atoms with Gasteiger partial charge in [-0.2, -0.15) is 0 Å². The van der Waals surface area contributed by atoms with E-state index in [0.29, 0.717) is 12.3 Å². The Labute approximate surface area is 132 Å². The van der Waals surface area contributed by atoms with Gasteiger partial charge in [0.25, 0.3) is 5.91 Å². The molecule has 0 atom stereocenters. The Bertz CT molecular complexity index is 640. The van der Waals surface area contributed by atoms with Gasteiger partial charge in [0.1, 0.15) is 11.5 Å². The topological polar surface area (TPSA) is 49.8 Å². The van der Waals surface area contributed by atoms with Crippen LogP contribution in [0.4, 0.5) is 0 Å². The van der Waals surface area contributed by atoms with Gasteiger partial charge < -0.3 is 14.7 Å². The highest BCUT2D eigenvalue weighted by Gasteiger charge is 2.17. The van der Waals surface area contributed by atoms with E-state index in [1.165, 1.54) is 19.2 Å². The lowest BCUT2D eigenvalue weighted by Gasteiger charge is -2.18. The van der Waals surface area contributed by atoms with E-state index in [9.17, 15) is 9.90 Å². The summed E-state index contributed by atoms with van der Waals surface area (Å²) in [6, 6.07) is 12.3. The predicted molar refractivity (Wildman–Crippen MR) is 84.6 cm³/mol. The van der Waals surface area contributed by atoms with Crippen LogP contribution in [0.1, 0.15) is 15.9 Å². The molecule has 0 saturated heterocycles. The summed E-state index contributed by atoms with van der Waals surface area (Å²) in [6.45, 7) is 0.461. The molecule has 4 nitrogen and oxygen atoms in total. The second kappa shape index (κ2) is 6.63. The van der Waals surface area contributed by atoms with Crippen molar-refractivity contribution in [2.75, 3.05) is 14.2 Å². The number of benzene rings is 2. The van der Waals surface area contributed by atoms with Gasteiger partial charge in [0.15, 0.2) is 0 Å². The number of carbonyl (C=O) groups is 1. The van der Waals surface area contributed by atoms with Gasteiger partial charge >= 0.3 is 0 Å². The van der Waals surface area contributed by atoms with Gasteiger partial charge in [-0.25, -0.2) is 0 Å². The molecule has 0 fully saturated rings. The van der Waals surface area contributed by atoms with Crippen LogP contribution in [0.25, 0.3) is 0 Å². The van der Waals surface area contributed by atoms with E-state index in [1.54, 1.807) is 18.0 Å². The van der Waals surface area contributed by atoms with Crippen molar-refractivity contribution in [3.05, 3.63) is 58.1 Å². The minimum atomic E-state index is -0.255. The largest absolute Gasteiger partial charge is 0.507 e. The summed E-state index contributed by atoms with van der Waals surface area (Å²) in [5.41, 5.74) is 1.24. The van der Waals surface area contributed by atoms with E-state index < -0.39 is 0 Å². The van der Waals surface area contributed by atoms with Crippen LogP contribution in [0.3, 0.4) is 0 Å². The van der Waals surface area contributed by atoms with E-state index in [2.05, 4.69) is 15.9 Å². The number of phenolic OH excluding ortho intramolecular Hbond substituents is 1. The van der Waals surface area contributed by atoms with Crippen molar-refractivity contribution < 1.29 is 14.6 Å². The quantitative estimate of drug-likeness (QED) is 0.919. The molecule has 0 aliphatic heterocycles. The fourth-order valence-corrected chi connectivity index (χ4v) is 2.22. The van der Waals surface area contributed by atoms with Crippen LogP contribution in [-0.4, -0.2) is 30.1 Å². The molecule has 0 aliphatic rings. The zero-order valence-corrected chi connectivity index (χ0v) is 13.4. The summed E-state index contributed by atoms with van der Waals surface area (Å²) in [4.78, 5) is 14.0. The predicted octanol–water partition coefficient (Wildman–Crippen LogP) is 3.44. The summed E-state index contributed by atoms with van der Waals surface area (Å²) in [6.07, 6.45) is 0. The number of amides is 1. The third-order valence-corrected chi connectivity index (χ3v) is 3.64. The third kappa shape index (κ3) is 3.76. The van der Waals surface area contributed by atoms with Gasteiger partial charge in [-0.15, -0.1) is 0 Å². The van der Waals surface area contributed by atoms with Crippen molar-refractivity contribution in [2.24, 2.45) is 0 Å². The molecular formula is C16H16BrNO3. The van der Waals surface area contributed by atoms with Crippen LogP contribution in [0.15, 0.2) is 46.9 Å². The fraction of sp³-hybridized carbons (Fsp3) is 0.188. The molecule has 110 valence electrons. The molecule has 0 heterocycles. The number of halogens is 1. The van der Waals surface area contributed by atoms with E-state index in [4.69, 9.17) is 4.74 Å². The van der Waals surface area contributed by atoms with Gasteiger partial charge in [0.2, 0.25) is 0 Å². The molecular weight excluding hydrogens is 334 g/mol. The van der Waals surface area contributed by atoms with E-state index in [1.807, 2.05) is 24.3 Å². The van der Waals surface area contributed by atoms with E-state index in [-0.39, 0.29) is 17.2 Å². The zero-order valence-electron chi connectivity index (χ0n) is 11.8. The normalized spacial score (nSPS) is 10.2. The maximum Gasteiger partial charge on any atom is 0.257 e. The van der Waals surface area contributed by atoms with Crippen molar-refractivity contribution >= 4 is 21.8 Å². The monoisotopic (exact) mass is 349 g/mol. The summed E-state index contributed by atoms with van der Waals surface area (Å²) in [5, 5.41) is 9.84. The van der Waals surface area contributed by atoms with Crippen LogP contribution >= 0.6 is 15.9 Å². The van der Waals surface area contributed by atoms with Crippen LogP contribution in [-0.2, 0) is 6.54 Å². The number of carbonyl (C=O) groups excluding carboxylic acids is 1. The Morgan fingerprint density at radius 1 is 1.24 bits per heavy atom. The first-order chi connectivity index (χ1) is 10.0. The summed E-state index contributed by atoms with van der Waals surface area (Å²) in [5.74, 6) is 0.228. The SMILES string of the molecule is COc1ccc(O)c(C(=O)N(C)Cc2ccc(Br)cc2)c1. The molecule has 21 heavy (non-hydrogen) atoms. The van der Waals surface area contributed by atoms with Crippen LogP contribution in [0, 0.1) is 0 Å². The molecule has 0 unspecified atom stereocenters. The van der Waals surface area contributed by atoms with Crippen molar-refractivity contribution in [3.8, 4) is 11.5 Å². The minimum Gasteiger partial charge on any atom is -0.507 e.